The summed E-state index contributed by atoms with van der Waals surface area (Å²) in [6.45, 7) is 6.26. The fraction of sp³-hybridized carbons (Fsp3) is 0.474. The topological polar surface area (TPSA) is 85.8 Å². The van der Waals surface area contributed by atoms with E-state index in [9.17, 15) is 13.2 Å². The number of nitrogens with two attached hydrogens (primary N) is 1. The number of aryl methyl sites for hydroxylation is 1. The van der Waals surface area contributed by atoms with Gasteiger partial charge in [0.25, 0.3) is 0 Å². The Labute approximate surface area is 175 Å². The molecule has 1 aliphatic rings. The molecule has 4 rings (SSSR count). The summed E-state index contributed by atoms with van der Waals surface area (Å²) in [6, 6.07) is 2.84. The zero-order chi connectivity index (χ0) is 21.5. The minimum Gasteiger partial charge on any atom is -0.342 e. The van der Waals surface area contributed by atoms with Crippen molar-refractivity contribution < 1.29 is 13.2 Å². The lowest BCUT2D eigenvalue weighted by Crippen LogP contribution is -2.48. The molecule has 0 radical (unpaired) electrons. The van der Waals surface area contributed by atoms with Crippen LogP contribution in [0.5, 0.6) is 0 Å². The molecule has 1 saturated heterocycles. The van der Waals surface area contributed by atoms with Gasteiger partial charge in [0.1, 0.15) is 5.03 Å². The zero-order valence-corrected chi connectivity index (χ0v) is 17.5. The maximum Gasteiger partial charge on any atom is 0.434 e. The fourth-order valence-corrected chi connectivity index (χ4v) is 4.34. The van der Waals surface area contributed by atoms with Crippen LogP contribution in [-0.4, -0.2) is 43.1 Å². The van der Waals surface area contributed by atoms with Gasteiger partial charge in [-0.3, -0.25) is 9.55 Å². The van der Waals surface area contributed by atoms with Crippen LogP contribution < -0.4 is 10.6 Å². The van der Waals surface area contributed by atoms with E-state index in [2.05, 4.69) is 24.8 Å². The molecule has 1 aliphatic heterocycles. The molecule has 0 bridgehead atoms. The molecule has 0 unspecified atom stereocenters. The SMILES string of the molecule is CCn1c(N2CCC(C)(N)CC2)nc2nc(Sc3cccnc3C(F)(F)F)cnc21. The van der Waals surface area contributed by atoms with Crippen LogP contribution in [0.2, 0.25) is 0 Å². The van der Waals surface area contributed by atoms with Crippen LogP contribution >= 0.6 is 11.8 Å². The van der Waals surface area contributed by atoms with E-state index in [1.807, 2.05) is 18.4 Å². The average Bonchev–Trinajstić information content (AvgIpc) is 3.05. The number of fused-ring (bicyclic) bond motifs is 1. The molecule has 0 atom stereocenters. The molecule has 160 valence electrons. The lowest BCUT2D eigenvalue weighted by Gasteiger charge is -2.37. The first-order valence-corrected chi connectivity index (χ1v) is 10.5. The molecule has 30 heavy (non-hydrogen) atoms. The minimum atomic E-state index is -4.54. The number of hydrogen-bond donors (Lipinski definition) is 1. The second kappa shape index (κ2) is 7.69. The predicted octanol–water partition coefficient (Wildman–Crippen LogP) is 3.73. The Kier molecular flexibility index (Phi) is 5.35. The van der Waals surface area contributed by atoms with Gasteiger partial charge in [-0.05, 0) is 38.8 Å². The van der Waals surface area contributed by atoms with Crippen LogP contribution in [-0.2, 0) is 12.7 Å². The molecule has 4 heterocycles. The summed E-state index contributed by atoms with van der Waals surface area (Å²) in [6.07, 6.45) is -0.233. The van der Waals surface area contributed by atoms with E-state index >= 15 is 0 Å². The molecule has 0 spiro atoms. The molecule has 3 aromatic heterocycles. The smallest absolute Gasteiger partial charge is 0.342 e. The molecule has 0 amide bonds. The summed E-state index contributed by atoms with van der Waals surface area (Å²) >= 11 is 0.878. The van der Waals surface area contributed by atoms with Gasteiger partial charge >= 0.3 is 6.18 Å². The molecule has 0 aliphatic carbocycles. The summed E-state index contributed by atoms with van der Waals surface area (Å²) < 4.78 is 41.6. The lowest BCUT2D eigenvalue weighted by atomic mass is 9.91. The average molecular weight is 437 g/mol. The summed E-state index contributed by atoms with van der Waals surface area (Å²) in [5, 5.41) is 0.335. The third-order valence-electron chi connectivity index (χ3n) is 5.17. The second-order valence-corrected chi connectivity index (χ2v) is 8.66. The van der Waals surface area contributed by atoms with Gasteiger partial charge in [0.2, 0.25) is 5.95 Å². The van der Waals surface area contributed by atoms with Crippen LogP contribution in [0.3, 0.4) is 0 Å². The number of hydrogen-bond acceptors (Lipinski definition) is 7. The van der Waals surface area contributed by atoms with Crippen molar-refractivity contribution in [2.45, 2.75) is 54.9 Å². The van der Waals surface area contributed by atoms with E-state index in [0.29, 0.717) is 22.9 Å². The van der Waals surface area contributed by atoms with E-state index in [4.69, 9.17) is 5.73 Å². The van der Waals surface area contributed by atoms with Crippen molar-refractivity contribution in [1.29, 1.82) is 0 Å². The first-order chi connectivity index (χ1) is 14.2. The highest BCUT2D eigenvalue weighted by Gasteiger charge is 2.35. The first kappa shape index (κ1) is 20.9. The van der Waals surface area contributed by atoms with Gasteiger partial charge in [-0.1, -0.05) is 11.8 Å². The summed E-state index contributed by atoms with van der Waals surface area (Å²) in [7, 11) is 0. The zero-order valence-electron chi connectivity index (χ0n) is 16.6. The van der Waals surface area contributed by atoms with E-state index in [-0.39, 0.29) is 10.4 Å². The maximum absolute atomic E-state index is 13.2. The van der Waals surface area contributed by atoms with Crippen LogP contribution in [0.4, 0.5) is 19.1 Å². The van der Waals surface area contributed by atoms with Crippen molar-refractivity contribution in [3.05, 3.63) is 30.2 Å². The Morgan fingerprint density at radius 2 is 1.93 bits per heavy atom. The van der Waals surface area contributed by atoms with Gasteiger partial charge in [0.15, 0.2) is 17.0 Å². The molecular weight excluding hydrogens is 415 g/mol. The highest BCUT2D eigenvalue weighted by Crippen LogP contribution is 2.37. The Hall–Kier alpha value is -2.40. The summed E-state index contributed by atoms with van der Waals surface area (Å²) in [5.74, 6) is 0.766. The number of pyridine rings is 1. The molecule has 3 aromatic rings. The van der Waals surface area contributed by atoms with Crippen LogP contribution in [0.1, 0.15) is 32.4 Å². The second-order valence-electron chi connectivity index (χ2n) is 7.60. The first-order valence-electron chi connectivity index (χ1n) is 9.65. The molecule has 1 fully saturated rings. The van der Waals surface area contributed by atoms with Crippen molar-refractivity contribution in [2.24, 2.45) is 5.73 Å². The van der Waals surface area contributed by atoms with Crippen molar-refractivity contribution in [3.8, 4) is 0 Å². The lowest BCUT2D eigenvalue weighted by molar-refractivity contribution is -0.143. The molecular formula is C19H22F3N7S. The predicted molar refractivity (Wildman–Crippen MR) is 108 cm³/mol. The van der Waals surface area contributed by atoms with Gasteiger partial charge in [-0.15, -0.1) is 0 Å². The molecule has 11 heteroatoms. The van der Waals surface area contributed by atoms with Crippen molar-refractivity contribution in [2.75, 3.05) is 18.0 Å². The van der Waals surface area contributed by atoms with Crippen molar-refractivity contribution >= 4 is 29.0 Å². The molecule has 0 aromatic carbocycles. The van der Waals surface area contributed by atoms with E-state index in [0.717, 1.165) is 49.8 Å². The monoisotopic (exact) mass is 437 g/mol. The third kappa shape index (κ3) is 4.08. The number of rotatable bonds is 4. The molecule has 7 nitrogen and oxygen atoms in total. The highest BCUT2D eigenvalue weighted by molar-refractivity contribution is 7.99. The standard InChI is InChI=1S/C19H22F3N7S/c1-3-29-16-15(27-17(29)28-9-6-18(2,23)7-10-28)26-13(11-25-16)30-12-5-4-8-24-14(12)19(20,21)22/h4-5,8,11H,3,6-7,9-10,23H2,1-2H3. The van der Waals surface area contributed by atoms with Crippen LogP contribution in [0, 0.1) is 0 Å². The Morgan fingerprint density at radius 3 is 2.60 bits per heavy atom. The number of anilines is 1. The van der Waals surface area contributed by atoms with Gasteiger partial charge < -0.3 is 10.6 Å². The minimum absolute atomic E-state index is 0.0212. The molecule has 2 N–H and O–H groups in total. The Bertz CT molecular complexity index is 1050. The number of imidazole rings is 1. The molecule has 0 saturated carbocycles. The van der Waals surface area contributed by atoms with Crippen molar-refractivity contribution in [3.63, 3.8) is 0 Å². The maximum atomic E-state index is 13.2. The van der Waals surface area contributed by atoms with E-state index in [1.54, 1.807) is 0 Å². The van der Waals surface area contributed by atoms with Crippen molar-refractivity contribution in [1.82, 2.24) is 24.5 Å². The number of halogens is 3. The number of aromatic nitrogens is 5. The number of nitrogens with zero attached hydrogens (tertiary/aromatic N) is 6. The van der Waals surface area contributed by atoms with E-state index < -0.39 is 11.9 Å². The fourth-order valence-electron chi connectivity index (χ4n) is 3.47. The summed E-state index contributed by atoms with van der Waals surface area (Å²) in [4.78, 5) is 19.2. The summed E-state index contributed by atoms with van der Waals surface area (Å²) in [5.41, 5.74) is 6.14. The number of piperidine rings is 1. The van der Waals surface area contributed by atoms with Gasteiger partial charge in [0.05, 0.1) is 6.20 Å². The van der Waals surface area contributed by atoms with Crippen LogP contribution in [0.25, 0.3) is 11.3 Å². The third-order valence-corrected chi connectivity index (χ3v) is 6.13. The highest BCUT2D eigenvalue weighted by atomic mass is 32.2. The van der Waals surface area contributed by atoms with Crippen LogP contribution in [0.15, 0.2) is 34.4 Å². The van der Waals surface area contributed by atoms with Gasteiger partial charge in [-0.2, -0.15) is 18.2 Å². The largest absolute Gasteiger partial charge is 0.434 e. The van der Waals surface area contributed by atoms with Gasteiger partial charge in [0, 0.05) is 36.3 Å². The Morgan fingerprint density at radius 1 is 1.20 bits per heavy atom. The number of alkyl halides is 3. The Balaban J connectivity index is 1.66. The normalized spacial score (nSPS) is 16.9. The van der Waals surface area contributed by atoms with E-state index in [1.165, 1.54) is 18.3 Å². The van der Waals surface area contributed by atoms with Gasteiger partial charge in [-0.25, -0.2) is 9.97 Å². The quantitative estimate of drug-likeness (QED) is 0.666.